The highest BCUT2D eigenvalue weighted by Gasteiger charge is 2.03. The van der Waals surface area contributed by atoms with E-state index < -0.39 is 0 Å². The number of halogens is 1. The number of fused-ring (bicyclic) bond motifs is 1. The topological polar surface area (TPSA) is 15.8 Å². The number of para-hydroxylation sites is 1. The molecule has 0 radical (unpaired) electrons. The maximum Gasteiger partial charge on any atom is 0.0474 e. The van der Waals surface area contributed by atoms with Gasteiger partial charge in [-0.2, -0.15) is 0 Å². The third-order valence-electron chi connectivity index (χ3n) is 2.92. The van der Waals surface area contributed by atoms with E-state index >= 15 is 0 Å². The second-order valence-corrected chi connectivity index (χ2v) is 4.37. The fourth-order valence-electron chi connectivity index (χ4n) is 2.05. The Hall–Kier alpha value is -1.73. The van der Waals surface area contributed by atoms with Crippen LogP contribution >= 0.6 is 11.6 Å². The first-order valence-electron chi connectivity index (χ1n) is 5.60. The van der Waals surface area contributed by atoms with Gasteiger partial charge in [0.15, 0.2) is 0 Å². The third kappa shape index (κ3) is 1.94. The number of nitrogens with one attached hydrogen (secondary N) is 1. The number of alkyl halides is 1. The van der Waals surface area contributed by atoms with Crippen molar-refractivity contribution in [3.05, 3.63) is 60.2 Å². The van der Waals surface area contributed by atoms with Crippen molar-refractivity contribution in [1.82, 2.24) is 4.98 Å². The maximum atomic E-state index is 5.85. The lowest BCUT2D eigenvalue weighted by molar-refractivity contribution is 1.38. The molecule has 0 amide bonds. The summed E-state index contributed by atoms with van der Waals surface area (Å²) < 4.78 is 0. The van der Waals surface area contributed by atoms with E-state index in [9.17, 15) is 0 Å². The molecule has 0 aliphatic heterocycles. The van der Waals surface area contributed by atoms with Gasteiger partial charge < -0.3 is 4.98 Å². The molecule has 0 fully saturated rings. The van der Waals surface area contributed by atoms with Crippen LogP contribution in [0, 0.1) is 0 Å². The number of benzene rings is 2. The zero-order valence-electron chi connectivity index (χ0n) is 9.28. The molecule has 1 nitrogen and oxygen atoms in total. The van der Waals surface area contributed by atoms with Crippen molar-refractivity contribution in [1.29, 1.82) is 0 Å². The molecule has 2 heteroatoms. The average Bonchev–Trinajstić information content (AvgIpc) is 2.82. The molecule has 2 aromatic carbocycles. The fraction of sp³-hybridized carbons (Fsp3) is 0.0667. The largest absolute Gasteiger partial charge is 0.355 e. The van der Waals surface area contributed by atoms with Crippen LogP contribution < -0.4 is 0 Å². The summed E-state index contributed by atoms with van der Waals surface area (Å²) in [5.74, 6) is 0.550. The van der Waals surface area contributed by atoms with Crippen LogP contribution in [0.25, 0.3) is 22.2 Å². The predicted octanol–water partition coefficient (Wildman–Crippen LogP) is 4.57. The summed E-state index contributed by atoms with van der Waals surface area (Å²) in [6.45, 7) is 0. The first kappa shape index (κ1) is 10.4. The Balaban J connectivity index is 2.13. The van der Waals surface area contributed by atoms with Gasteiger partial charge in [0.05, 0.1) is 0 Å². The van der Waals surface area contributed by atoms with Gasteiger partial charge in [-0.1, -0.05) is 36.4 Å². The van der Waals surface area contributed by atoms with Gasteiger partial charge in [0, 0.05) is 22.5 Å². The second kappa shape index (κ2) is 4.27. The van der Waals surface area contributed by atoms with Gasteiger partial charge in [0.1, 0.15) is 0 Å². The van der Waals surface area contributed by atoms with E-state index in [0.29, 0.717) is 5.88 Å². The summed E-state index contributed by atoms with van der Waals surface area (Å²) in [5.41, 5.74) is 4.62. The smallest absolute Gasteiger partial charge is 0.0474 e. The van der Waals surface area contributed by atoms with Crippen LogP contribution in [0.2, 0.25) is 0 Å². The molecule has 0 aliphatic rings. The van der Waals surface area contributed by atoms with Crippen molar-refractivity contribution in [3.63, 3.8) is 0 Å². The van der Waals surface area contributed by atoms with Gasteiger partial charge in [-0.05, 0) is 29.3 Å². The van der Waals surface area contributed by atoms with Crippen LogP contribution in [0.4, 0.5) is 0 Å². The van der Waals surface area contributed by atoms with Gasteiger partial charge in [-0.15, -0.1) is 11.6 Å². The molecule has 0 saturated carbocycles. The van der Waals surface area contributed by atoms with Crippen LogP contribution in [0.15, 0.2) is 54.6 Å². The highest BCUT2D eigenvalue weighted by Crippen LogP contribution is 2.24. The highest BCUT2D eigenvalue weighted by molar-refractivity contribution is 6.17. The standard InChI is InChI=1S/C15H12ClN/c16-10-11-4-3-6-12(8-11)15-9-13-5-1-2-7-14(13)17-15/h1-9,17H,10H2. The number of rotatable bonds is 2. The number of aromatic nitrogens is 1. The Morgan fingerprint density at radius 1 is 0.941 bits per heavy atom. The second-order valence-electron chi connectivity index (χ2n) is 4.10. The third-order valence-corrected chi connectivity index (χ3v) is 3.23. The van der Waals surface area contributed by atoms with Crippen LogP contribution in [0.3, 0.4) is 0 Å². The Bertz CT molecular complexity index is 622. The molecule has 0 unspecified atom stereocenters. The van der Waals surface area contributed by atoms with E-state index in [1.54, 1.807) is 0 Å². The summed E-state index contributed by atoms with van der Waals surface area (Å²) in [7, 11) is 0. The molecule has 0 saturated heterocycles. The van der Waals surface area contributed by atoms with Crippen LogP contribution in [0.5, 0.6) is 0 Å². The molecule has 3 aromatic rings. The van der Waals surface area contributed by atoms with Crippen LogP contribution in [0.1, 0.15) is 5.56 Å². The minimum atomic E-state index is 0.550. The number of H-pyrrole nitrogens is 1. The minimum absolute atomic E-state index is 0.550. The number of hydrogen-bond donors (Lipinski definition) is 1. The van der Waals surface area contributed by atoms with E-state index in [-0.39, 0.29) is 0 Å². The summed E-state index contributed by atoms with van der Waals surface area (Å²) in [5, 5.41) is 1.23. The minimum Gasteiger partial charge on any atom is -0.355 e. The predicted molar refractivity (Wildman–Crippen MR) is 73.3 cm³/mol. The van der Waals surface area contributed by atoms with Gasteiger partial charge in [0.2, 0.25) is 0 Å². The summed E-state index contributed by atoms with van der Waals surface area (Å²) in [6.07, 6.45) is 0. The van der Waals surface area contributed by atoms with Gasteiger partial charge in [0.25, 0.3) is 0 Å². The monoisotopic (exact) mass is 241 g/mol. The Morgan fingerprint density at radius 3 is 2.65 bits per heavy atom. The first-order chi connectivity index (χ1) is 8.36. The van der Waals surface area contributed by atoms with Crippen molar-refractivity contribution in [2.75, 3.05) is 0 Å². The van der Waals surface area contributed by atoms with Gasteiger partial charge in [-0.3, -0.25) is 0 Å². The van der Waals surface area contributed by atoms with E-state index in [2.05, 4.69) is 41.4 Å². The molecule has 1 aromatic heterocycles. The van der Waals surface area contributed by atoms with Crippen molar-refractivity contribution < 1.29 is 0 Å². The normalized spacial score (nSPS) is 10.9. The van der Waals surface area contributed by atoms with Crippen LogP contribution in [-0.2, 0) is 5.88 Å². The number of aromatic amines is 1. The fourth-order valence-corrected chi connectivity index (χ4v) is 2.22. The van der Waals surface area contributed by atoms with Crippen molar-refractivity contribution in [3.8, 4) is 11.3 Å². The Morgan fingerprint density at radius 2 is 1.82 bits per heavy atom. The molecule has 3 rings (SSSR count). The molecule has 1 N–H and O–H groups in total. The summed E-state index contributed by atoms with van der Waals surface area (Å²) in [4.78, 5) is 3.42. The number of hydrogen-bond acceptors (Lipinski definition) is 0. The molecule has 84 valence electrons. The zero-order chi connectivity index (χ0) is 11.7. The quantitative estimate of drug-likeness (QED) is 0.633. The van der Waals surface area contributed by atoms with E-state index in [0.717, 1.165) is 11.3 Å². The lowest BCUT2D eigenvalue weighted by atomic mass is 10.1. The van der Waals surface area contributed by atoms with Gasteiger partial charge in [-0.25, -0.2) is 0 Å². The summed E-state index contributed by atoms with van der Waals surface area (Å²) >= 11 is 5.85. The zero-order valence-corrected chi connectivity index (χ0v) is 10.0. The summed E-state index contributed by atoms with van der Waals surface area (Å²) in [6, 6.07) is 18.8. The lowest BCUT2D eigenvalue weighted by Crippen LogP contribution is -1.81. The average molecular weight is 242 g/mol. The molecular weight excluding hydrogens is 230 g/mol. The van der Waals surface area contributed by atoms with E-state index in [4.69, 9.17) is 11.6 Å². The molecule has 1 heterocycles. The Labute approximate surface area is 105 Å². The van der Waals surface area contributed by atoms with E-state index in [1.165, 1.54) is 16.5 Å². The van der Waals surface area contributed by atoms with Crippen molar-refractivity contribution >= 4 is 22.5 Å². The lowest BCUT2D eigenvalue weighted by Gasteiger charge is -2.00. The molecule has 0 bridgehead atoms. The first-order valence-corrected chi connectivity index (χ1v) is 6.13. The maximum absolute atomic E-state index is 5.85. The highest BCUT2D eigenvalue weighted by atomic mass is 35.5. The van der Waals surface area contributed by atoms with Crippen molar-refractivity contribution in [2.24, 2.45) is 0 Å². The Kier molecular flexibility index (Phi) is 2.62. The molecule has 17 heavy (non-hydrogen) atoms. The molecule has 0 spiro atoms. The molecule has 0 aliphatic carbocycles. The van der Waals surface area contributed by atoms with Gasteiger partial charge >= 0.3 is 0 Å². The SMILES string of the molecule is ClCc1cccc(-c2cc3ccccc3[nH]2)c1. The van der Waals surface area contributed by atoms with E-state index in [1.807, 2.05) is 18.2 Å². The van der Waals surface area contributed by atoms with Crippen LogP contribution in [-0.4, -0.2) is 4.98 Å². The molecular formula is C15H12ClN. The molecule has 0 atom stereocenters. The van der Waals surface area contributed by atoms with Crippen molar-refractivity contribution in [2.45, 2.75) is 5.88 Å².